The number of carbonyl (C=O) groups is 1. The molecule has 1 N–H and O–H groups in total. The lowest BCUT2D eigenvalue weighted by atomic mass is 10.0. The summed E-state index contributed by atoms with van der Waals surface area (Å²) in [6.45, 7) is 5.69. The Hall–Kier alpha value is -4.00. The van der Waals surface area contributed by atoms with Gasteiger partial charge in [0.25, 0.3) is 5.56 Å². The van der Waals surface area contributed by atoms with Gasteiger partial charge in [0, 0.05) is 30.1 Å². The molecule has 2 aromatic heterocycles. The van der Waals surface area contributed by atoms with Crippen molar-refractivity contribution in [3.05, 3.63) is 117 Å². The van der Waals surface area contributed by atoms with Crippen LogP contribution < -0.4 is 5.56 Å². The summed E-state index contributed by atoms with van der Waals surface area (Å²) in [6.07, 6.45) is 5.33. The summed E-state index contributed by atoms with van der Waals surface area (Å²) >= 11 is 0. The fraction of sp³-hybridized carbons (Fsp3) is 0.192. The lowest BCUT2D eigenvalue weighted by Crippen LogP contribution is -2.28. The third-order valence-corrected chi connectivity index (χ3v) is 5.78. The second-order valence-electron chi connectivity index (χ2n) is 8.22. The predicted octanol–water partition coefficient (Wildman–Crippen LogP) is 4.69. The molecule has 0 aliphatic heterocycles. The third-order valence-electron chi connectivity index (χ3n) is 5.78. The molecule has 0 aliphatic rings. The molecule has 6 nitrogen and oxygen atoms in total. The highest BCUT2D eigenvalue weighted by Crippen LogP contribution is 2.21. The molecular formula is C26H24FN3O3. The molecule has 0 radical (unpaired) electrons. The van der Waals surface area contributed by atoms with Crippen LogP contribution in [0.4, 0.5) is 4.39 Å². The number of hydrogen-bond donors (Lipinski definition) is 1. The highest BCUT2D eigenvalue weighted by Gasteiger charge is 2.17. The Kier molecular flexibility index (Phi) is 5.96. The summed E-state index contributed by atoms with van der Waals surface area (Å²) in [4.78, 5) is 29.3. The molecule has 0 unspecified atom stereocenters. The van der Waals surface area contributed by atoms with Crippen LogP contribution in [0.1, 0.15) is 51.3 Å². The van der Waals surface area contributed by atoms with Gasteiger partial charge >= 0.3 is 5.97 Å². The van der Waals surface area contributed by atoms with Crippen LogP contribution in [-0.2, 0) is 6.42 Å². The van der Waals surface area contributed by atoms with E-state index in [2.05, 4.69) is 4.98 Å². The van der Waals surface area contributed by atoms with Crippen molar-refractivity contribution in [3.8, 4) is 5.69 Å². The van der Waals surface area contributed by atoms with Crippen molar-refractivity contribution in [2.45, 2.75) is 33.2 Å². The van der Waals surface area contributed by atoms with Crippen LogP contribution in [0.5, 0.6) is 0 Å². The first-order valence-corrected chi connectivity index (χ1v) is 10.6. The van der Waals surface area contributed by atoms with E-state index in [4.69, 9.17) is 0 Å². The molecule has 2 aromatic carbocycles. The van der Waals surface area contributed by atoms with Gasteiger partial charge in [0.1, 0.15) is 5.82 Å². The Morgan fingerprint density at radius 3 is 2.42 bits per heavy atom. The highest BCUT2D eigenvalue weighted by molar-refractivity contribution is 5.87. The molecule has 33 heavy (non-hydrogen) atoms. The fourth-order valence-corrected chi connectivity index (χ4v) is 3.98. The van der Waals surface area contributed by atoms with Crippen LogP contribution in [0.15, 0.2) is 72.0 Å². The van der Waals surface area contributed by atoms with Crippen molar-refractivity contribution in [2.75, 3.05) is 0 Å². The molecule has 0 bridgehead atoms. The van der Waals surface area contributed by atoms with Crippen molar-refractivity contribution >= 4 is 5.97 Å². The quantitative estimate of drug-likeness (QED) is 0.467. The van der Waals surface area contributed by atoms with Crippen molar-refractivity contribution in [3.63, 3.8) is 0 Å². The van der Waals surface area contributed by atoms with Gasteiger partial charge in [-0.1, -0.05) is 24.3 Å². The number of benzene rings is 2. The van der Waals surface area contributed by atoms with Crippen molar-refractivity contribution in [1.29, 1.82) is 0 Å². The Bertz CT molecular complexity index is 1390. The topological polar surface area (TPSA) is 77.1 Å². The van der Waals surface area contributed by atoms with Crippen molar-refractivity contribution in [1.82, 2.24) is 14.1 Å². The maximum Gasteiger partial charge on any atom is 0.337 e. The number of hydrogen-bond acceptors (Lipinski definition) is 3. The monoisotopic (exact) mass is 445 g/mol. The van der Waals surface area contributed by atoms with Gasteiger partial charge in [0.2, 0.25) is 0 Å². The van der Waals surface area contributed by atoms with E-state index < -0.39 is 12.0 Å². The minimum Gasteiger partial charge on any atom is -0.478 e. The summed E-state index contributed by atoms with van der Waals surface area (Å²) in [5.74, 6) is -1.48. The number of carboxylic acids is 1. The zero-order chi connectivity index (χ0) is 23.7. The van der Waals surface area contributed by atoms with Gasteiger partial charge in [0.05, 0.1) is 23.6 Å². The fourth-order valence-electron chi connectivity index (χ4n) is 3.98. The molecule has 0 saturated carbocycles. The number of imidazole rings is 1. The zero-order valence-electron chi connectivity index (χ0n) is 18.6. The summed E-state index contributed by atoms with van der Waals surface area (Å²) < 4.78 is 16.7. The number of aryl methyl sites for hydroxylation is 2. The number of pyridine rings is 1. The largest absolute Gasteiger partial charge is 0.478 e. The molecule has 2 heterocycles. The summed E-state index contributed by atoms with van der Waals surface area (Å²) in [7, 11) is 0. The van der Waals surface area contributed by atoms with Crippen LogP contribution >= 0.6 is 0 Å². The van der Waals surface area contributed by atoms with E-state index in [1.165, 1.54) is 29.0 Å². The van der Waals surface area contributed by atoms with E-state index in [1.807, 2.05) is 42.8 Å². The van der Waals surface area contributed by atoms with Crippen molar-refractivity contribution in [2.24, 2.45) is 0 Å². The SMILES string of the molecule is Cc1cn(-c2ccc(Cc3cc(C(=O)O)cn([C@@H](C)c4ccc(F)cc4)c3=O)cc2C)cn1. The van der Waals surface area contributed by atoms with Crippen LogP contribution in [0.25, 0.3) is 5.69 Å². The van der Waals surface area contributed by atoms with E-state index >= 15 is 0 Å². The first-order chi connectivity index (χ1) is 15.7. The number of nitrogens with zero attached hydrogens (tertiary/aromatic N) is 3. The van der Waals surface area contributed by atoms with Crippen LogP contribution in [0.3, 0.4) is 0 Å². The van der Waals surface area contributed by atoms with E-state index in [1.54, 1.807) is 25.4 Å². The highest BCUT2D eigenvalue weighted by atomic mass is 19.1. The Balaban J connectivity index is 1.72. The van der Waals surface area contributed by atoms with Gasteiger partial charge in [-0.25, -0.2) is 14.2 Å². The number of carboxylic acid groups (broad SMARTS) is 1. The van der Waals surface area contributed by atoms with Gasteiger partial charge in [-0.3, -0.25) is 4.79 Å². The maximum atomic E-state index is 13.3. The molecule has 0 saturated heterocycles. The van der Waals surface area contributed by atoms with E-state index in [-0.39, 0.29) is 16.9 Å². The Morgan fingerprint density at radius 1 is 1.09 bits per heavy atom. The third kappa shape index (κ3) is 4.62. The molecule has 1 atom stereocenters. The molecule has 168 valence electrons. The molecule has 4 aromatic rings. The van der Waals surface area contributed by atoms with E-state index in [0.717, 1.165) is 22.5 Å². The van der Waals surface area contributed by atoms with Crippen LogP contribution in [-0.4, -0.2) is 25.2 Å². The van der Waals surface area contributed by atoms with E-state index in [0.29, 0.717) is 17.5 Å². The normalized spacial score (nSPS) is 12.0. The van der Waals surface area contributed by atoms with Gasteiger partial charge < -0.3 is 14.2 Å². The van der Waals surface area contributed by atoms with Crippen LogP contribution in [0, 0.1) is 19.7 Å². The van der Waals surface area contributed by atoms with Gasteiger partial charge in [-0.15, -0.1) is 0 Å². The van der Waals surface area contributed by atoms with Crippen LogP contribution in [0.2, 0.25) is 0 Å². The smallest absolute Gasteiger partial charge is 0.337 e. The molecule has 4 rings (SSSR count). The number of aromatic nitrogens is 3. The summed E-state index contributed by atoms with van der Waals surface area (Å²) in [5, 5.41) is 9.61. The predicted molar refractivity (Wildman–Crippen MR) is 124 cm³/mol. The Morgan fingerprint density at radius 2 is 1.82 bits per heavy atom. The number of halogens is 1. The standard InChI is InChI=1S/C26H24FN3O3/c1-16-10-19(4-9-24(16)29-13-17(2)28-15-29)11-21-12-22(26(32)33)14-30(25(21)31)18(3)20-5-7-23(27)8-6-20/h4-10,12-15,18H,11H2,1-3H3,(H,32,33)/t18-/m0/s1. The van der Waals surface area contributed by atoms with Gasteiger partial charge in [-0.05, 0) is 61.7 Å². The first kappa shape index (κ1) is 22.2. The molecule has 0 fully saturated rings. The minimum atomic E-state index is -1.11. The molecule has 0 spiro atoms. The molecule has 0 aliphatic carbocycles. The lowest BCUT2D eigenvalue weighted by Gasteiger charge is -2.18. The Labute approximate surface area is 190 Å². The zero-order valence-corrected chi connectivity index (χ0v) is 18.6. The minimum absolute atomic E-state index is 0.0285. The molecular weight excluding hydrogens is 421 g/mol. The van der Waals surface area contributed by atoms with E-state index in [9.17, 15) is 19.1 Å². The lowest BCUT2D eigenvalue weighted by molar-refractivity contribution is 0.0695. The van der Waals surface area contributed by atoms with Gasteiger partial charge in [0.15, 0.2) is 0 Å². The average molecular weight is 445 g/mol. The van der Waals surface area contributed by atoms with Crippen molar-refractivity contribution < 1.29 is 14.3 Å². The number of aromatic carboxylic acids is 1. The second-order valence-corrected chi connectivity index (χ2v) is 8.22. The average Bonchev–Trinajstić information content (AvgIpc) is 3.21. The molecule has 7 heteroatoms. The first-order valence-electron chi connectivity index (χ1n) is 10.6. The second kappa shape index (κ2) is 8.86. The summed E-state index contributed by atoms with van der Waals surface area (Å²) in [5.41, 5.74) is 4.66. The van der Waals surface area contributed by atoms with Gasteiger partial charge in [-0.2, -0.15) is 0 Å². The number of rotatable bonds is 6. The maximum absolute atomic E-state index is 13.3. The molecule has 0 amide bonds. The summed E-state index contributed by atoms with van der Waals surface area (Å²) in [6, 6.07) is 12.7.